The predicted octanol–water partition coefficient (Wildman–Crippen LogP) is 2.63. The van der Waals surface area contributed by atoms with Gasteiger partial charge in [0.05, 0.1) is 32.7 Å². The first-order chi connectivity index (χ1) is 13.8. The normalized spacial score (nSPS) is 10.9. The number of anilines is 1. The summed E-state index contributed by atoms with van der Waals surface area (Å²) in [5, 5.41) is 2.86. The maximum Gasteiger partial charge on any atom is 0.251 e. The van der Waals surface area contributed by atoms with Crippen molar-refractivity contribution in [3.63, 3.8) is 0 Å². The van der Waals surface area contributed by atoms with Crippen LogP contribution in [0.15, 0.2) is 55.1 Å². The summed E-state index contributed by atoms with van der Waals surface area (Å²) >= 11 is 0. The van der Waals surface area contributed by atoms with Gasteiger partial charge in [-0.05, 0) is 48.4 Å². The van der Waals surface area contributed by atoms with E-state index in [0.717, 1.165) is 11.8 Å². The molecule has 0 fully saturated rings. The second-order valence-electron chi connectivity index (χ2n) is 6.32. The Balaban J connectivity index is 1.98. The molecule has 29 heavy (non-hydrogen) atoms. The first-order valence-electron chi connectivity index (χ1n) is 8.98. The Morgan fingerprint density at radius 3 is 2.31 bits per heavy atom. The van der Waals surface area contributed by atoms with Crippen molar-refractivity contribution in [2.75, 3.05) is 37.9 Å². The van der Waals surface area contributed by atoms with Crippen molar-refractivity contribution in [2.45, 2.75) is 6.42 Å². The minimum atomic E-state index is -3.43. The molecule has 0 saturated carbocycles. The van der Waals surface area contributed by atoms with Crippen molar-refractivity contribution in [2.24, 2.45) is 0 Å². The van der Waals surface area contributed by atoms with Crippen LogP contribution in [0.1, 0.15) is 15.9 Å². The van der Waals surface area contributed by atoms with E-state index in [1.54, 1.807) is 38.5 Å². The van der Waals surface area contributed by atoms with Crippen molar-refractivity contribution in [3.05, 3.63) is 66.2 Å². The van der Waals surface area contributed by atoms with Gasteiger partial charge in [0.2, 0.25) is 10.0 Å². The lowest BCUT2D eigenvalue weighted by Gasteiger charge is -2.20. The molecule has 0 bridgehead atoms. The van der Waals surface area contributed by atoms with Gasteiger partial charge in [0.15, 0.2) is 11.5 Å². The van der Waals surface area contributed by atoms with Crippen molar-refractivity contribution >= 4 is 21.6 Å². The van der Waals surface area contributed by atoms with E-state index in [9.17, 15) is 13.2 Å². The van der Waals surface area contributed by atoms with Gasteiger partial charge in [-0.1, -0.05) is 12.1 Å². The number of amides is 1. The first kappa shape index (κ1) is 22.3. The molecular formula is C21H26N2O5S. The van der Waals surface area contributed by atoms with E-state index >= 15 is 0 Å². The van der Waals surface area contributed by atoms with E-state index in [0.29, 0.717) is 35.7 Å². The van der Waals surface area contributed by atoms with Gasteiger partial charge in [-0.25, -0.2) is 8.42 Å². The predicted molar refractivity (Wildman–Crippen MR) is 114 cm³/mol. The Kier molecular flexibility index (Phi) is 7.67. The van der Waals surface area contributed by atoms with E-state index in [1.165, 1.54) is 10.4 Å². The molecule has 8 heteroatoms. The lowest BCUT2D eigenvalue weighted by molar-refractivity contribution is 0.0954. The van der Waals surface area contributed by atoms with Crippen molar-refractivity contribution < 1.29 is 22.7 Å². The monoisotopic (exact) mass is 418 g/mol. The van der Waals surface area contributed by atoms with E-state index in [4.69, 9.17) is 9.47 Å². The van der Waals surface area contributed by atoms with Crippen LogP contribution in [-0.2, 0) is 16.4 Å². The number of nitrogens with one attached hydrogen (secondary N) is 1. The third-order valence-corrected chi connectivity index (χ3v) is 5.42. The van der Waals surface area contributed by atoms with E-state index in [1.807, 2.05) is 18.2 Å². The molecule has 0 aliphatic heterocycles. The van der Waals surface area contributed by atoms with Crippen LogP contribution in [0.4, 0.5) is 5.69 Å². The molecule has 2 aromatic rings. The Labute approximate surface area is 172 Å². The lowest BCUT2D eigenvalue weighted by Crippen LogP contribution is -2.30. The average Bonchev–Trinajstić information content (AvgIpc) is 2.71. The highest BCUT2D eigenvalue weighted by Crippen LogP contribution is 2.27. The van der Waals surface area contributed by atoms with Crippen LogP contribution >= 0.6 is 0 Å². The topological polar surface area (TPSA) is 84.9 Å². The summed E-state index contributed by atoms with van der Waals surface area (Å²) < 4.78 is 35.5. The van der Waals surface area contributed by atoms with Gasteiger partial charge in [-0.15, -0.1) is 6.58 Å². The van der Waals surface area contributed by atoms with Gasteiger partial charge in [-0.3, -0.25) is 9.10 Å². The Hall–Kier alpha value is -3.00. The van der Waals surface area contributed by atoms with E-state index in [-0.39, 0.29) is 12.5 Å². The van der Waals surface area contributed by atoms with Crippen LogP contribution in [-0.4, -0.2) is 47.9 Å². The number of carbonyl (C=O) groups is 1. The molecule has 0 spiro atoms. The van der Waals surface area contributed by atoms with Crippen LogP contribution in [0.25, 0.3) is 0 Å². The summed E-state index contributed by atoms with van der Waals surface area (Å²) in [6.45, 7) is 4.19. The fraction of sp³-hybridized carbons (Fsp3) is 0.286. The molecule has 0 aliphatic rings. The Bertz CT molecular complexity index is 956. The van der Waals surface area contributed by atoms with Crippen LogP contribution in [0.2, 0.25) is 0 Å². The zero-order valence-corrected chi connectivity index (χ0v) is 17.7. The summed E-state index contributed by atoms with van der Waals surface area (Å²) in [6.07, 6.45) is 3.27. The molecule has 7 nitrogen and oxygen atoms in total. The first-order valence-corrected chi connectivity index (χ1v) is 10.8. The number of benzene rings is 2. The number of rotatable bonds is 10. The maximum atomic E-state index is 12.4. The molecule has 0 saturated heterocycles. The number of carbonyl (C=O) groups excluding carboxylic acids is 1. The number of hydrogen-bond donors (Lipinski definition) is 1. The van der Waals surface area contributed by atoms with Crippen molar-refractivity contribution in [3.8, 4) is 11.5 Å². The zero-order chi connectivity index (χ0) is 21.4. The van der Waals surface area contributed by atoms with Gasteiger partial charge in [-0.2, -0.15) is 0 Å². The van der Waals surface area contributed by atoms with Crippen LogP contribution in [0, 0.1) is 0 Å². The van der Waals surface area contributed by atoms with Crippen LogP contribution in [0.3, 0.4) is 0 Å². The quantitative estimate of drug-likeness (QED) is 0.600. The number of ether oxygens (including phenoxy) is 2. The summed E-state index contributed by atoms with van der Waals surface area (Å²) in [5.41, 5.74) is 1.94. The molecule has 2 rings (SSSR count). The Morgan fingerprint density at radius 1 is 1.10 bits per heavy atom. The largest absolute Gasteiger partial charge is 0.493 e. The fourth-order valence-electron chi connectivity index (χ4n) is 2.79. The van der Waals surface area contributed by atoms with Gasteiger partial charge in [0.1, 0.15) is 0 Å². The van der Waals surface area contributed by atoms with Crippen molar-refractivity contribution in [1.29, 1.82) is 0 Å². The van der Waals surface area contributed by atoms with E-state index in [2.05, 4.69) is 11.9 Å². The highest BCUT2D eigenvalue weighted by atomic mass is 32.2. The molecule has 156 valence electrons. The minimum Gasteiger partial charge on any atom is -0.493 e. The SMILES string of the molecule is C=CCN(c1ccc(C(=O)NCCc2ccc(OC)c(OC)c2)cc1)S(C)(=O)=O. The maximum absolute atomic E-state index is 12.4. The fourth-order valence-corrected chi connectivity index (χ4v) is 3.67. The highest BCUT2D eigenvalue weighted by Gasteiger charge is 2.16. The van der Waals surface area contributed by atoms with Crippen LogP contribution < -0.4 is 19.1 Å². The van der Waals surface area contributed by atoms with Crippen molar-refractivity contribution in [1.82, 2.24) is 5.32 Å². The van der Waals surface area contributed by atoms with Gasteiger partial charge < -0.3 is 14.8 Å². The third kappa shape index (κ3) is 5.99. The minimum absolute atomic E-state index is 0.162. The molecule has 0 aromatic heterocycles. The summed E-state index contributed by atoms with van der Waals surface area (Å²) in [4.78, 5) is 12.4. The van der Waals surface area contributed by atoms with E-state index < -0.39 is 10.0 Å². The molecule has 2 aromatic carbocycles. The second-order valence-corrected chi connectivity index (χ2v) is 8.23. The molecule has 1 N–H and O–H groups in total. The number of hydrogen-bond acceptors (Lipinski definition) is 5. The summed E-state index contributed by atoms with van der Waals surface area (Å²) in [6, 6.07) is 12.0. The summed E-state index contributed by atoms with van der Waals surface area (Å²) in [7, 11) is -0.271. The molecule has 0 atom stereocenters. The Morgan fingerprint density at radius 2 is 1.76 bits per heavy atom. The van der Waals surface area contributed by atoms with Gasteiger partial charge in [0.25, 0.3) is 5.91 Å². The number of nitrogens with zero attached hydrogens (tertiary/aromatic N) is 1. The highest BCUT2D eigenvalue weighted by molar-refractivity contribution is 7.92. The summed E-state index contributed by atoms with van der Waals surface area (Å²) in [5.74, 6) is 1.06. The zero-order valence-electron chi connectivity index (χ0n) is 16.8. The smallest absolute Gasteiger partial charge is 0.251 e. The standard InChI is InChI=1S/C21H26N2O5S/c1-5-14-23(29(4,25)26)18-9-7-17(8-10-18)21(24)22-13-12-16-6-11-19(27-2)20(15-16)28-3/h5-11,15H,1,12-14H2,2-4H3,(H,22,24). The third-order valence-electron chi connectivity index (χ3n) is 4.26. The molecule has 0 radical (unpaired) electrons. The molecule has 0 heterocycles. The van der Waals surface area contributed by atoms with Crippen LogP contribution in [0.5, 0.6) is 11.5 Å². The van der Waals surface area contributed by atoms with Gasteiger partial charge in [0, 0.05) is 12.1 Å². The van der Waals surface area contributed by atoms with Gasteiger partial charge >= 0.3 is 0 Å². The molecule has 1 amide bonds. The molecule has 0 unspecified atom stereocenters. The lowest BCUT2D eigenvalue weighted by atomic mass is 10.1. The number of sulfonamides is 1. The molecular weight excluding hydrogens is 392 g/mol. The second kappa shape index (κ2) is 9.97. The molecule has 0 aliphatic carbocycles. The number of methoxy groups -OCH3 is 2. The average molecular weight is 419 g/mol.